The summed E-state index contributed by atoms with van der Waals surface area (Å²) in [6.07, 6.45) is 3.03. The van der Waals surface area contributed by atoms with E-state index in [-0.39, 0.29) is 0 Å². The molecule has 8 nitrogen and oxygen atoms in total. The van der Waals surface area contributed by atoms with Crippen molar-refractivity contribution in [2.45, 2.75) is 13.5 Å². The summed E-state index contributed by atoms with van der Waals surface area (Å²) in [4.78, 5) is 8.03. The minimum atomic E-state index is 0.382. The SMILES string of the molecule is CCOc1ncnc(NCc2nncn2C)c1N. The van der Waals surface area contributed by atoms with Gasteiger partial charge in [0, 0.05) is 7.05 Å². The Labute approximate surface area is 104 Å². The third kappa shape index (κ3) is 2.47. The third-order valence-electron chi connectivity index (χ3n) is 2.35. The molecule has 2 heterocycles. The van der Waals surface area contributed by atoms with Gasteiger partial charge < -0.3 is 20.4 Å². The van der Waals surface area contributed by atoms with Gasteiger partial charge in [0.25, 0.3) is 0 Å². The van der Waals surface area contributed by atoms with Crippen LogP contribution in [0.1, 0.15) is 12.7 Å². The first-order chi connectivity index (χ1) is 8.72. The molecule has 0 unspecified atom stereocenters. The molecule has 0 saturated heterocycles. The maximum absolute atomic E-state index is 5.89. The Hall–Kier alpha value is -2.38. The van der Waals surface area contributed by atoms with Crippen molar-refractivity contribution in [3.63, 3.8) is 0 Å². The molecule has 0 atom stereocenters. The summed E-state index contributed by atoms with van der Waals surface area (Å²) >= 11 is 0. The number of rotatable bonds is 5. The molecule has 3 N–H and O–H groups in total. The minimum Gasteiger partial charge on any atom is -0.476 e. The molecule has 0 aromatic carbocycles. The van der Waals surface area contributed by atoms with Gasteiger partial charge in [-0.05, 0) is 6.92 Å². The van der Waals surface area contributed by atoms with Crippen LogP contribution in [0.4, 0.5) is 11.5 Å². The van der Waals surface area contributed by atoms with Crippen LogP contribution in [0.2, 0.25) is 0 Å². The highest BCUT2D eigenvalue weighted by atomic mass is 16.5. The highest BCUT2D eigenvalue weighted by molar-refractivity contribution is 5.66. The molecule has 0 amide bonds. The fourth-order valence-electron chi connectivity index (χ4n) is 1.40. The Kier molecular flexibility index (Phi) is 3.56. The highest BCUT2D eigenvalue weighted by Gasteiger charge is 2.09. The van der Waals surface area contributed by atoms with Crippen LogP contribution in [0.25, 0.3) is 0 Å². The van der Waals surface area contributed by atoms with Gasteiger partial charge in [-0.15, -0.1) is 10.2 Å². The summed E-state index contributed by atoms with van der Waals surface area (Å²) in [6.45, 7) is 2.85. The van der Waals surface area contributed by atoms with E-state index in [0.29, 0.717) is 30.5 Å². The number of ether oxygens (including phenoxy) is 1. The lowest BCUT2D eigenvalue weighted by atomic mass is 10.4. The Morgan fingerprint density at radius 1 is 1.44 bits per heavy atom. The van der Waals surface area contributed by atoms with Gasteiger partial charge in [0.1, 0.15) is 18.3 Å². The van der Waals surface area contributed by atoms with Crippen LogP contribution in [-0.4, -0.2) is 31.3 Å². The number of hydrogen-bond acceptors (Lipinski definition) is 7. The number of nitrogens with zero attached hydrogens (tertiary/aromatic N) is 5. The number of nitrogens with one attached hydrogen (secondary N) is 1. The smallest absolute Gasteiger partial charge is 0.242 e. The van der Waals surface area contributed by atoms with Gasteiger partial charge >= 0.3 is 0 Å². The van der Waals surface area contributed by atoms with Crippen LogP contribution in [0.5, 0.6) is 5.88 Å². The lowest BCUT2D eigenvalue weighted by Crippen LogP contribution is -2.10. The molecule has 0 bridgehead atoms. The molecule has 0 fully saturated rings. The molecule has 2 rings (SSSR count). The van der Waals surface area contributed by atoms with Crippen LogP contribution in [0.3, 0.4) is 0 Å². The van der Waals surface area contributed by atoms with Crippen molar-refractivity contribution in [3.8, 4) is 5.88 Å². The van der Waals surface area contributed by atoms with Gasteiger partial charge in [0.15, 0.2) is 11.6 Å². The van der Waals surface area contributed by atoms with E-state index in [1.54, 1.807) is 6.33 Å². The molecule has 8 heteroatoms. The Morgan fingerprint density at radius 2 is 2.28 bits per heavy atom. The average Bonchev–Trinajstić information content (AvgIpc) is 2.76. The van der Waals surface area contributed by atoms with Crippen molar-refractivity contribution in [1.82, 2.24) is 24.7 Å². The predicted octanol–water partition coefficient (Wildman–Crippen LogP) is 0.198. The summed E-state index contributed by atoms with van der Waals surface area (Å²) in [5.74, 6) is 1.69. The monoisotopic (exact) mass is 249 g/mol. The van der Waals surface area contributed by atoms with Gasteiger partial charge in [-0.25, -0.2) is 4.98 Å². The van der Waals surface area contributed by atoms with Crippen LogP contribution in [-0.2, 0) is 13.6 Å². The number of anilines is 2. The van der Waals surface area contributed by atoms with Crippen LogP contribution in [0, 0.1) is 0 Å². The van der Waals surface area contributed by atoms with Gasteiger partial charge in [0.2, 0.25) is 5.88 Å². The number of nitrogens with two attached hydrogens (primary N) is 1. The van der Waals surface area contributed by atoms with E-state index >= 15 is 0 Å². The fraction of sp³-hybridized carbons (Fsp3) is 0.400. The fourth-order valence-corrected chi connectivity index (χ4v) is 1.40. The second kappa shape index (κ2) is 5.30. The molecule has 0 saturated carbocycles. The summed E-state index contributed by atoms with van der Waals surface area (Å²) in [7, 11) is 1.87. The van der Waals surface area contributed by atoms with E-state index in [1.807, 2.05) is 18.5 Å². The van der Waals surface area contributed by atoms with E-state index in [1.165, 1.54) is 6.33 Å². The summed E-state index contributed by atoms with van der Waals surface area (Å²) in [5, 5.41) is 10.8. The molecule has 0 aliphatic carbocycles. The Morgan fingerprint density at radius 3 is 2.94 bits per heavy atom. The molecular weight excluding hydrogens is 234 g/mol. The van der Waals surface area contributed by atoms with Crippen molar-refractivity contribution >= 4 is 11.5 Å². The predicted molar refractivity (Wildman–Crippen MR) is 65.9 cm³/mol. The maximum Gasteiger partial charge on any atom is 0.242 e. The molecule has 0 aliphatic heterocycles. The minimum absolute atomic E-state index is 0.382. The number of nitrogen functional groups attached to an aromatic ring is 1. The van der Waals surface area contributed by atoms with E-state index in [9.17, 15) is 0 Å². The third-order valence-corrected chi connectivity index (χ3v) is 2.35. The van der Waals surface area contributed by atoms with Crippen molar-refractivity contribution in [2.75, 3.05) is 17.7 Å². The largest absolute Gasteiger partial charge is 0.476 e. The molecular formula is C10H15N7O. The summed E-state index contributed by atoms with van der Waals surface area (Å²) in [5.41, 5.74) is 6.28. The van der Waals surface area contributed by atoms with Gasteiger partial charge in [0.05, 0.1) is 13.2 Å². The number of aryl methyl sites for hydroxylation is 1. The average molecular weight is 249 g/mol. The molecule has 0 spiro atoms. The van der Waals surface area contributed by atoms with E-state index < -0.39 is 0 Å². The van der Waals surface area contributed by atoms with Crippen LogP contribution >= 0.6 is 0 Å². The Bertz CT molecular complexity index is 525. The number of aromatic nitrogens is 5. The highest BCUT2D eigenvalue weighted by Crippen LogP contribution is 2.24. The lowest BCUT2D eigenvalue weighted by molar-refractivity contribution is 0.328. The van der Waals surface area contributed by atoms with E-state index in [0.717, 1.165) is 5.82 Å². The van der Waals surface area contributed by atoms with Crippen LogP contribution in [0.15, 0.2) is 12.7 Å². The first kappa shape index (κ1) is 12.1. The zero-order valence-corrected chi connectivity index (χ0v) is 10.3. The van der Waals surface area contributed by atoms with Gasteiger partial charge in [-0.2, -0.15) is 4.98 Å². The zero-order chi connectivity index (χ0) is 13.0. The zero-order valence-electron chi connectivity index (χ0n) is 10.3. The first-order valence-corrected chi connectivity index (χ1v) is 5.52. The normalized spacial score (nSPS) is 10.3. The van der Waals surface area contributed by atoms with Gasteiger partial charge in [-0.1, -0.05) is 0 Å². The lowest BCUT2D eigenvalue weighted by Gasteiger charge is -2.10. The molecule has 2 aromatic rings. The Balaban J connectivity index is 2.10. The quantitative estimate of drug-likeness (QED) is 0.779. The summed E-state index contributed by atoms with van der Waals surface area (Å²) < 4.78 is 7.10. The molecule has 2 aromatic heterocycles. The first-order valence-electron chi connectivity index (χ1n) is 5.52. The van der Waals surface area contributed by atoms with Crippen LogP contribution < -0.4 is 15.8 Å². The topological polar surface area (TPSA) is 104 Å². The second-order valence-electron chi connectivity index (χ2n) is 3.59. The number of hydrogen-bond donors (Lipinski definition) is 2. The summed E-state index contributed by atoms with van der Waals surface area (Å²) in [6, 6.07) is 0. The standard InChI is InChI=1S/C10H15N7O/c1-3-18-10-8(11)9(13-5-14-10)12-4-7-16-15-6-17(7)2/h5-6H,3-4,11H2,1-2H3,(H,12,13,14). The van der Waals surface area contributed by atoms with Crippen molar-refractivity contribution in [1.29, 1.82) is 0 Å². The molecule has 96 valence electrons. The molecule has 18 heavy (non-hydrogen) atoms. The van der Waals surface area contributed by atoms with Crippen molar-refractivity contribution < 1.29 is 4.74 Å². The van der Waals surface area contributed by atoms with Gasteiger partial charge in [-0.3, -0.25) is 0 Å². The molecule has 0 aliphatic rings. The second-order valence-corrected chi connectivity index (χ2v) is 3.59. The molecule has 0 radical (unpaired) electrons. The van der Waals surface area contributed by atoms with E-state index in [2.05, 4.69) is 25.5 Å². The van der Waals surface area contributed by atoms with E-state index in [4.69, 9.17) is 10.5 Å². The van der Waals surface area contributed by atoms with Crippen molar-refractivity contribution in [3.05, 3.63) is 18.5 Å². The maximum atomic E-state index is 5.89. The van der Waals surface area contributed by atoms with Crippen molar-refractivity contribution in [2.24, 2.45) is 7.05 Å².